The molecule has 0 saturated carbocycles. The van der Waals surface area contributed by atoms with Crippen molar-refractivity contribution in [3.05, 3.63) is 35.6 Å². The summed E-state index contributed by atoms with van der Waals surface area (Å²) in [6, 6.07) is 7.11. The van der Waals surface area contributed by atoms with Crippen LogP contribution in [0, 0.1) is 0 Å². The number of hydrogen-bond donors (Lipinski definition) is 1. The lowest BCUT2D eigenvalue weighted by atomic mass is 10.1. The van der Waals surface area contributed by atoms with E-state index in [4.69, 9.17) is 13.9 Å². The number of rotatable bonds is 6. The molecule has 8 nitrogen and oxygen atoms in total. The normalized spacial score (nSPS) is 11.8. The largest absolute Gasteiger partial charge is 0.453 e. The lowest BCUT2D eigenvalue weighted by Crippen LogP contribution is -2.39. The fraction of sp³-hybridized carbons (Fsp3) is 0.353. The lowest BCUT2D eigenvalue weighted by Gasteiger charge is -2.12. The Morgan fingerprint density at radius 3 is 2.64 bits per heavy atom. The molecule has 0 aliphatic rings. The number of amides is 2. The molecule has 1 aromatic carbocycles. The average Bonchev–Trinajstić information content (AvgIpc) is 2.98. The SMILES string of the molecule is CCOCc1c(C(=O)O[C@H](C)C(=O)NC(=O)OC)oc2ccccc12. The van der Waals surface area contributed by atoms with Crippen molar-refractivity contribution in [1.29, 1.82) is 0 Å². The second kappa shape index (κ2) is 8.29. The van der Waals surface area contributed by atoms with E-state index in [1.165, 1.54) is 6.92 Å². The van der Waals surface area contributed by atoms with Crippen molar-refractivity contribution >= 4 is 28.9 Å². The summed E-state index contributed by atoms with van der Waals surface area (Å²) in [5, 5.41) is 2.66. The van der Waals surface area contributed by atoms with Crippen LogP contribution >= 0.6 is 0 Å². The summed E-state index contributed by atoms with van der Waals surface area (Å²) in [5.74, 6) is -1.66. The van der Waals surface area contributed by atoms with Crippen LogP contribution in [-0.2, 0) is 25.6 Å². The van der Waals surface area contributed by atoms with E-state index in [-0.39, 0.29) is 12.4 Å². The molecule has 0 fully saturated rings. The highest BCUT2D eigenvalue weighted by molar-refractivity contribution is 5.99. The number of furan rings is 1. The second-order valence-corrected chi connectivity index (χ2v) is 5.07. The topological polar surface area (TPSA) is 104 Å². The number of methoxy groups -OCH3 is 1. The highest BCUT2D eigenvalue weighted by Gasteiger charge is 2.26. The standard InChI is InChI=1S/C17H19NO7/c1-4-23-9-12-11-7-5-6-8-13(11)25-14(12)16(20)24-10(2)15(19)18-17(21)22-3/h5-8,10H,4,9H2,1-3H3,(H,18,19,21)/t10-/m1/s1. The van der Waals surface area contributed by atoms with Gasteiger partial charge in [0.2, 0.25) is 5.76 Å². The first-order valence-electron chi connectivity index (χ1n) is 7.65. The molecule has 2 rings (SSSR count). The monoisotopic (exact) mass is 349 g/mol. The van der Waals surface area contributed by atoms with Crippen molar-refractivity contribution in [2.24, 2.45) is 0 Å². The van der Waals surface area contributed by atoms with Crippen LogP contribution in [0.4, 0.5) is 4.79 Å². The van der Waals surface area contributed by atoms with Crippen LogP contribution in [0.25, 0.3) is 11.0 Å². The zero-order valence-corrected chi connectivity index (χ0v) is 14.2. The molecule has 25 heavy (non-hydrogen) atoms. The summed E-state index contributed by atoms with van der Waals surface area (Å²) in [5.41, 5.74) is 1.05. The zero-order valence-electron chi connectivity index (χ0n) is 14.2. The molecule has 0 saturated heterocycles. The minimum atomic E-state index is -1.21. The van der Waals surface area contributed by atoms with Crippen LogP contribution in [0.3, 0.4) is 0 Å². The van der Waals surface area contributed by atoms with E-state index in [0.717, 1.165) is 12.5 Å². The van der Waals surface area contributed by atoms with Crippen molar-refractivity contribution in [1.82, 2.24) is 5.32 Å². The number of esters is 1. The number of hydrogen-bond acceptors (Lipinski definition) is 7. The molecule has 1 atom stereocenters. The number of fused-ring (bicyclic) bond motifs is 1. The predicted molar refractivity (Wildman–Crippen MR) is 87.0 cm³/mol. The van der Waals surface area contributed by atoms with Gasteiger partial charge in [-0.1, -0.05) is 18.2 Å². The van der Waals surface area contributed by atoms with Gasteiger partial charge in [0.25, 0.3) is 5.91 Å². The van der Waals surface area contributed by atoms with Gasteiger partial charge in [-0.15, -0.1) is 0 Å². The molecule has 2 amide bonds. The number of imide groups is 1. The molecule has 0 aliphatic carbocycles. The maximum absolute atomic E-state index is 12.4. The Labute approximate surface area is 144 Å². The van der Waals surface area contributed by atoms with Gasteiger partial charge >= 0.3 is 12.1 Å². The Balaban J connectivity index is 2.20. The van der Waals surface area contributed by atoms with Gasteiger partial charge < -0.3 is 18.6 Å². The van der Waals surface area contributed by atoms with Crippen molar-refractivity contribution in [2.45, 2.75) is 26.6 Å². The Kier molecular flexibility index (Phi) is 6.13. The van der Waals surface area contributed by atoms with Crippen LogP contribution in [0.15, 0.2) is 28.7 Å². The summed E-state index contributed by atoms with van der Waals surface area (Å²) in [4.78, 5) is 35.2. The first-order chi connectivity index (χ1) is 12.0. The third-order valence-electron chi connectivity index (χ3n) is 3.40. The van der Waals surface area contributed by atoms with Crippen molar-refractivity contribution in [2.75, 3.05) is 13.7 Å². The first-order valence-corrected chi connectivity index (χ1v) is 7.65. The maximum Gasteiger partial charge on any atom is 0.413 e. The van der Waals surface area contributed by atoms with Gasteiger partial charge in [0.05, 0.1) is 13.7 Å². The molecule has 2 aromatic rings. The van der Waals surface area contributed by atoms with E-state index in [2.05, 4.69) is 4.74 Å². The lowest BCUT2D eigenvalue weighted by molar-refractivity contribution is -0.128. The predicted octanol–water partition coefficient (Wildman–Crippen LogP) is 2.40. The van der Waals surface area contributed by atoms with Gasteiger partial charge in [0, 0.05) is 17.6 Å². The van der Waals surface area contributed by atoms with Gasteiger partial charge in [-0.2, -0.15) is 0 Å². The number of nitrogens with one attached hydrogen (secondary N) is 1. The quantitative estimate of drug-likeness (QED) is 0.799. The smallest absolute Gasteiger partial charge is 0.413 e. The van der Waals surface area contributed by atoms with Crippen molar-refractivity contribution in [3.63, 3.8) is 0 Å². The van der Waals surface area contributed by atoms with Gasteiger partial charge in [-0.3, -0.25) is 10.1 Å². The molecule has 0 spiro atoms. The van der Waals surface area contributed by atoms with Gasteiger partial charge in [-0.25, -0.2) is 9.59 Å². The van der Waals surface area contributed by atoms with Crippen LogP contribution < -0.4 is 5.32 Å². The number of benzene rings is 1. The van der Waals surface area contributed by atoms with Crippen LogP contribution in [0.1, 0.15) is 30.0 Å². The number of carbonyl (C=O) groups is 3. The van der Waals surface area contributed by atoms with E-state index >= 15 is 0 Å². The van der Waals surface area contributed by atoms with Crippen LogP contribution in [0.5, 0.6) is 0 Å². The number of carbonyl (C=O) groups excluding carboxylic acids is 3. The fourth-order valence-corrected chi connectivity index (χ4v) is 2.13. The number of ether oxygens (including phenoxy) is 3. The number of para-hydroxylation sites is 1. The number of alkyl carbamates (subject to hydrolysis) is 1. The van der Waals surface area contributed by atoms with Gasteiger partial charge in [0.15, 0.2) is 6.10 Å². The summed E-state index contributed by atoms with van der Waals surface area (Å²) in [7, 11) is 1.12. The highest BCUT2D eigenvalue weighted by atomic mass is 16.6. The van der Waals surface area contributed by atoms with Gasteiger partial charge in [-0.05, 0) is 19.9 Å². The first kappa shape index (κ1) is 18.5. The Bertz CT molecular complexity index is 780. The molecule has 134 valence electrons. The molecule has 0 radical (unpaired) electrons. The zero-order chi connectivity index (χ0) is 18.4. The molecule has 1 heterocycles. The van der Waals surface area contributed by atoms with Crippen molar-refractivity contribution < 1.29 is 33.0 Å². The minimum Gasteiger partial charge on any atom is -0.453 e. The molecular formula is C17H19NO7. The summed E-state index contributed by atoms with van der Waals surface area (Å²) < 4.78 is 20.4. The summed E-state index contributed by atoms with van der Waals surface area (Å²) >= 11 is 0. The van der Waals surface area contributed by atoms with Crippen molar-refractivity contribution in [3.8, 4) is 0 Å². The maximum atomic E-state index is 12.4. The third-order valence-corrected chi connectivity index (χ3v) is 3.40. The molecule has 1 aromatic heterocycles. The Hall–Kier alpha value is -2.87. The van der Waals surface area contributed by atoms with E-state index in [1.54, 1.807) is 18.2 Å². The fourth-order valence-electron chi connectivity index (χ4n) is 2.13. The molecule has 0 aliphatic heterocycles. The highest BCUT2D eigenvalue weighted by Crippen LogP contribution is 2.27. The average molecular weight is 349 g/mol. The van der Waals surface area contributed by atoms with E-state index in [0.29, 0.717) is 17.8 Å². The molecule has 0 unspecified atom stereocenters. The second-order valence-electron chi connectivity index (χ2n) is 5.07. The Morgan fingerprint density at radius 2 is 1.96 bits per heavy atom. The summed E-state index contributed by atoms with van der Waals surface area (Å²) in [6.45, 7) is 3.80. The van der Waals surface area contributed by atoms with E-state index < -0.39 is 24.1 Å². The summed E-state index contributed by atoms with van der Waals surface area (Å²) in [6.07, 6.45) is -2.14. The van der Waals surface area contributed by atoms with Crippen LogP contribution in [-0.4, -0.2) is 37.8 Å². The third kappa shape index (κ3) is 4.36. The Morgan fingerprint density at radius 1 is 1.24 bits per heavy atom. The molecule has 8 heteroatoms. The van der Waals surface area contributed by atoms with E-state index in [1.807, 2.05) is 18.3 Å². The van der Waals surface area contributed by atoms with Crippen LogP contribution in [0.2, 0.25) is 0 Å². The molecule has 1 N–H and O–H groups in total. The van der Waals surface area contributed by atoms with Gasteiger partial charge in [0.1, 0.15) is 5.58 Å². The molecule has 0 bridgehead atoms. The van der Waals surface area contributed by atoms with E-state index in [9.17, 15) is 14.4 Å². The molecular weight excluding hydrogens is 330 g/mol. The minimum absolute atomic E-state index is 0.0348.